The minimum absolute atomic E-state index is 0.0942. The second-order valence-corrected chi connectivity index (χ2v) is 6.16. The summed E-state index contributed by atoms with van der Waals surface area (Å²) in [5.41, 5.74) is 0.972. The zero-order chi connectivity index (χ0) is 18.0. The molecule has 1 N–H and O–H groups in total. The molecule has 2 aromatic rings. The molecule has 0 aromatic heterocycles. The monoisotopic (exact) mass is 362 g/mol. The van der Waals surface area contributed by atoms with E-state index in [0.29, 0.717) is 16.4 Å². The molecule has 1 fully saturated rings. The van der Waals surface area contributed by atoms with Gasteiger partial charge in [-0.15, -0.1) is 0 Å². The summed E-state index contributed by atoms with van der Waals surface area (Å²) in [4.78, 5) is 26.1. The molecule has 7 heteroatoms. The molecule has 1 aliphatic heterocycles. The van der Waals surface area contributed by atoms with Gasteiger partial charge in [0.1, 0.15) is 0 Å². The number of methoxy groups -OCH3 is 1. The lowest BCUT2D eigenvalue weighted by Crippen LogP contribution is -2.28. The molecule has 25 heavy (non-hydrogen) atoms. The van der Waals surface area contributed by atoms with Crippen LogP contribution in [0.2, 0.25) is 5.02 Å². The third kappa shape index (κ3) is 3.74. The summed E-state index contributed by atoms with van der Waals surface area (Å²) in [5, 5.41) is 3.16. The van der Waals surface area contributed by atoms with Crippen molar-refractivity contribution in [3.63, 3.8) is 0 Å². The Morgan fingerprint density at radius 1 is 1.32 bits per heavy atom. The molecule has 1 unspecified atom stereocenters. The van der Waals surface area contributed by atoms with E-state index < -0.39 is 11.7 Å². The Morgan fingerprint density at radius 2 is 2.12 bits per heavy atom. The Morgan fingerprint density at radius 3 is 2.80 bits per heavy atom. The number of hydrogen-bond acceptors (Lipinski definition) is 3. The summed E-state index contributed by atoms with van der Waals surface area (Å²) in [6.45, 7) is 0.254. The highest BCUT2D eigenvalue weighted by Gasteiger charge is 2.35. The second kappa shape index (κ2) is 7.11. The molecule has 2 aromatic carbocycles. The summed E-state index contributed by atoms with van der Waals surface area (Å²) in [6, 6.07) is 11.1. The van der Waals surface area contributed by atoms with E-state index in [2.05, 4.69) is 5.32 Å². The number of rotatable bonds is 4. The lowest BCUT2D eigenvalue weighted by molar-refractivity contribution is -0.122. The van der Waals surface area contributed by atoms with Gasteiger partial charge in [0.25, 0.3) is 0 Å². The molecule has 1 aliphatic rings. The van der Waals surface area contributed by atoms with Crippen LogP contribution < -0.4 is 15.0 Å². The highest BCUT2D eigenvalue weighted by molar-refractivity contribution is 6.31. The Bertz CT molecular complexity index is 828. The Hall–Kier alpha value is -2.60. The van der Waals surface area contributed by atoms with Crippen LogP contribution in [0.1, 0.15) is 6.42 Å². The summed E-state index contributed by atoms with van der Waals surface area (Å²) in [6.07, 6.45) is 0.0942. The third-order valence-electron chi connectivity index (χ3n) is 4.04. The molecular formula is C18H16ClFN2O3. The van der Waals surface area contributed by atoms with Crippen molar-refractivity contribution in [1.82, 2.24) is 0 Å². The molecule has 0 radical (unpaired) electrons. The predicted molar refractivity (Wildman–Crippen MR) is 93.5 cm³/mol. The number of ether oxygens (including phenoxy) is 1. The van der Waals surface area contributed by atoms with Crippen molar-refractivity contribution in [2.45, 2.75) is 6.42 Å². The summed E-state index contributed by atoms with van der Waals surface area (Å²) < 4.78 is 18.6. The maximum Gasteiger partial charge on any atom is 0.229 e. The van der Waals surface area contributed by atoms with Crippen molar-refractivity contribution in [2.24, 2.45) is 5.92 Å². The first-order valence-electron chi connectivity index (χ1n) is 7.68. The van der Waals surface area contributed by atoms with E-state index in [-0.39, 0.29) is 30.5 Å². The zero-order valence-electron chi connectivity index (χ0n) is 13.5. The van der Waals surface area contributed by atoms with Gasteiger partial charge in [0.15, 0.2) is 11.6 Å². The van der Waals surface area contributed by atoms with Crippen molar-refractivity contribution in [3.05, 3.63) is 53.3 Å². The highest BCUT2D eigenvalue weighted by atomic mass is 35.5. The lowest BCUT2D eigenvalue weighted by atomic mass is 10.1. The van der Waals surface area contributed by atoms with Gasteiger partial charge in [0.2, 0.25) is 11.8 Å². The molecule has 2 amide bonds. The van der Waals surface area contributed by atoms with E-state index in [0.717, 1.165) is 0 Å². The fourth-order valence-corrected chi connectivity index (χ4v) is 2.95. The smallest absolute Gasteiger partial charge is 0.229 e. The number of halogens is 2. The summed E-state index contributed by atoms with van der Waals surface area (Å²) in [7, 11) is 1.37. The molecule has 0 spiro atoms. The zero-order valence-corrected chi connectivity index (χ0v) is 14.2. The van der Waals surface area contributed by atoms with Crippen LogP contribution in [0.3, 0.4) is 0 Å². The first-order valence-corrected chi connectivity index (χ1v) is 8.06. The first kappa shape index (κ1) is 17.2. The van der Waals surface area contributed by atoms with Gasteiger partial charge in [-0.25, -0.2) is 4.39 Å². The normalized spacial score (nSPS) is 16.8. The van der Waals surface area contributed by atoms with Crippen molar-refractivity contribution in [2.75, 3.05) is 23.9 Å². The number of anilines is 2. The fraction of sp³-hybridized carbons (Fsp3) is 0.222. The molecule has 1 atom stereocenters. The number of carbonyl (C=O) groups excluding carboxylic acids is 2. The standard InChI is InChI=1S/C18H16ClFN2O3/c1-25-16-6-5-13(9-15(16)20)21-18(24)11-7-17(23)22(10-11)14-4-2-3-12(19)8-14/h2-6,8-9,11H,7,10H2,1H3,(H,21,24). The second-order valence-electron chi connectivity index (χ2n) is 5.72. The minimum Gasteiger partial charge on any atom is -0.494 e. The molecule has 0 saturated carbocycles. The van der Waals surface area contributed by atoms with Gasteiger partial charge in [-0.2, -0.15) is 0 Å². The number of nitrogens with zero attached hydrogens (tertiary/aromatic N) is 1. The molecule has 130 valence electrons. The largest absolute Gasteiger partial charge is 0.494 e. The van der Waals surface area contributed by atoms with E-state index in [1.165, 1.54) is 24.1 Å². The van der Waals surface area contributed by atoms with Gasteiger partial charge in [0, 0.05) is 35.4 Å². The minimum atomic E-state index is -0.566. The number of carbonyl (C=O) groups is 2. The number of nitrogens with one attached hydrogen (secondary N) is 1. The Labute approximate surface area is 149 Å². The van der Waals surface area contributed by atoms with Crippen molar-refractivity contribution in [1.29, 1.82) is 0 Å². The maximum absolute atomic E-state index is 13.7. The van der Waals surface area contributed by atoms with E-state index in [1.807, 2.05) is 0 Å². The van der Waals surface area contributed by atoms with Crippen LogP contribution in [-0.2, 0) is 9.59 Å². The van der Waals surface area contributed by atoms with E-state index >= 15 is 0 Å². The average Bonchev–Trinajstić information content (AvgIpc) is 2.97. The average molecular weight is 363 g/mol. The van der Waals surface area contributed by atoms with Crippen LogP contribution in [0, 0.1) is 11.7 Å². The Balaban J connectivity index is 1.69. The van der Waals surface area contributed by atoms with Crippen LogP contribution in [0.5, 0.6) is 5.75 Å². The van der Waals surface area contributed by atoms with Crippen molar-refractivity contribution >= 4 is 34.8 Å². The molecule has 1 heterocycles. The first-order chi connectivity index (χ1) is 12.0. The van der Waals surface area contributed by atoms with Gasteiger partial charge in [-0.1, -0.05) is 17.7 Å². The van der Waals surface area contributed by atoms with Crippen LogP contribution >= 0.6 is 11.6 Å². The molecule has 3 rings (SSSR count). The molecule has 0 aliphatic carbocycles. The number of hydrogen-bond donors (Lipinski definition) is 1. The van der Waals surface area contributed by atoms with E-state index in [9.17, 15) is 14.0 Å². The van der Waals surface area contributed by atoms with Crippen molar-refractivity contribution in [3.8, 4) is 5.75 Å². The van der Waals surface area contributed by atoms with Gasteiger partial charge < -0.3 is 15.0 Å². The van der Waals surface area contributed by atoms with Gasteiger partial charge >= 0.3 is 0 Å². The van der Waals surface area contributed by atoms with Gasteiger partial charge in [0.05, 0.1) is 13.0 Å². The third-order valence-corrected chi connectivity index (χ3v) is 4.27. The van der Waals surface area contributed by atoms with Crippen LogP contribution in [0.25, 0.3) is 0 Å². The van der Waals surface area contributed by atoms with Gasteiger partial charge in [-0.3, -0.25) is 9.59 Å². The predicted octanol–water partition coefficient (Wildman–Crippen LogP) is 3.48. The van der Waals surface area contributed by atoms with Crippen LogP contribution in [0.4, 0.5) is 15.8 Å². The number of benzene rings is 2. The van der Waals surface area contributed by atoms with Crippen LogP contribution in [-0.4, -0.2) is 25.5 Å². The maximum atomic E-state index is 13.7. The van der Waals surface area contributed by atoms with Crippen molar-refractivity contribution < 1.29 is 18.7 Å². The lowest BCUT2D eigenvalue weighted by Gasteiger charge is -2.17. The van der Waals surface area contributed by atoms with Gasteiger partial charge in [-0.05, 0) is 30.3 Å². The Kier molecular flexibility index (Phi) is 4.90. The molecular weight excluding hydrogens is 347 g/mol. The van der Waals surface area contributed by atoms with E-state index in [1.54, 1.807) is 30.3 Å². The highest BCUT2D eigenvalue weighted by Crippen LogP contribution is 2.28. The quantitative estimate of drug-likeness (QED) is 0.905. The van der Waals surface area contributed by atoms with Crippen LogP contribution in [0.15, 0.2) is 42.5 Å². The summed E-state index contributed by atoms with van der Waals surface area (Å²) in [5.74, 6) is -1.47. The molecule has 1 saturated heterocycles. The number of amides is 2. The fourth-order valence-electron chi connectivity index (χ4n) is 2.77. The summed E-state index contributed by atoms with van der Waals surface area (Å²) >= 11 is 5.95. The molecule has 0 bridgehead atoms. The van der Waals surface area contributed by atoms with E-state index in [4.69, 9.17) is 16.3 Å². The molecule has 5 nitrogen and oxygen atoms in total. The topological polar surface area (TPSA) is 58.6 Å². The SMILES string of the molecule is COc1ccc(NC(=O)C2CC(=O)N(c3cccc(Cl)c3)C2)cc1F.